The van der Waals surface area contributed by atoms with Crippen molar-refractivity contribution in [1.82, 2.24) is 4.98 Å². The van der Waals surface area contributed by atoms with Gasteiger partial charge in [0.05, 0.1) is 10.2 Å². The molecule has 0 aliphatic heterocycles. The molecule has 0 aliphatic rings. The molecular formula is C44H30N4S2. The molecule has 0 aliphatic carbocycles. The number of hydrogen-bond acceptors (Lipinski definition) is 5. The molecule has 2 N–H and O–H groups in total. The van der Waals surface area contributed by atoms with Crippen LogP contribution in [0.1, 0.15) is 22.9 Å². The average molecular weight is 679 g/mol. The summed E-state index contributed by atoms with van der Waals surface area (Å²) in [6.45, 7) is 0. The zero-order chi connectivity index (χ0) is 33.4. The molecule has 0 bridgehead atoms. The highest BCUT2D eigenvalue weighted by Crippen LogP contribution is 2.41. The van der Waals surface area contributed by atoms with Crippen molar-refractivity contribution >= 4 is 75.9 Å². The molecule has 0 spiro atoms. The quantitative estimate of drug-likeness (QED) is 0.135. The first-order valence-corrected chi connectivity index (χ1v) is 18.1. The Bertz CT molecular complexity index is 2710. The van der Waals surface area contributed by atoms with E-state index in [9.17, 15) is 0 Å². The second kappa shape index (κ2) is 12.8. The first-order chi connectivity index (χ1) is 24.7. The van der Waals surface area contributed by atoms with Gasteiger partial charge in [-0.3, -0.25) is 4.99 Å². The highest BCUT2D eigenvalue weighted by atomic mass is 32.1. The van der Waals surface area contributed by atoms with E-state index in [-0.39, 0.29) is 0 Å². The maximum absolute atomic E-state index is 6.91. The smallest absolute Gasteiger partial charge is 0.167 e. The number of benzene rings is 7. The number of rotatable bonds is 7. The van der Waals surface area contributed by atoms with Gasteiger partial charge < -0.3 is 5.73 Å². The summed E-state index contributed by atoms with van der Waals surface area (Å²) in [6, 6.07) is 54.7. The zero-order valence-electron chi connectivity index (χ0n) is 26.9. The molecule has 1 atom stereocenters. The molecule has 0 saturated heterocycles. The number of thiazole rings is 1. The van der Waals surface area contributed by atoms with Crippen LogP contribution in [0.2, 0.25) is 0 Å². The summed E-state index contributed by atoms with van der Waals surface area (Å²) >= 11 is 3.50. The lowest BCUT2D eigenvalue weighted by Gasteiger charge is -2.11. The third kappa shape index (κ3) is 5.75. The van der Waals surface area contributed by atoms with E-state index in [1.54, 1.807) is 22.7 Å². The van der Waals surface area contributed by atoms with E-state index < -0.39 is 6.17 Å². The van der Waals surface area contributed by atoms with Crippen LogP contribution in [0.4, 0.5) is 0 Å². The van der Waals surface area contributed by atoms with Crippen LogP contribution in [-0.4, -0.2) is 17.0 Å². The molecule has 9 rings (SSSR count). The summed E-state index contributed by atoms with van der Waals surface area (Å²) in [4.78, 5) is 15.1. The Hall–Kier alpha value is -5.95. The number of aromatic nitrogens is 1. The van der Waals surface area contributed by atoms with Gasteiger partial charge in [-0.15, -0.1) is 22.7 Å². The van der Waals surface area contributed by atoms with Crippen molar-refractivity contribution in [1.29, 1.82) is 0 Å². The molecular weight excluding hydrogens is 649 g/mol. The third-order valence-corrected chi connectivity index (χ3v) is 11.2. The van der Waals surface area contributed by atoms with Gasteiger partial charge in [-0.25, -0.2) is 9.98 Å². The predicted molar refractivity (Wildman–Crippen MR) is 215 cm³/mol. The van der Waals surface area contributed by atoms with Crippen molar-refractivity contribution in [2.45, 2.75) is 6.17 Å². The molecule has 0 amide bonds. The van der Waals surface area contributed by atoms with E-state index in [2.05, 4.69) is 115 Å². The lowest BCUT2D eigenvalue weighted by Crippen LogP contribution is -2.15. The molecule has 2 aromatic heterocycles. The number of amidine groups is 1. The zero-order valence-corrected chi connectivity index (χ0v) is 28.5. The number of aliphatic imine (C=N–C) groups is 2. The standard InChI is InChI=1S/C44H30N4S2/c45-42(35-17-10-18-38-41(35)36-25-37-40(26-39(36)49-38)50-44(47-37)31-15-8-3-9-16-31)48-43(30-13-6-2-7-14-30)46-27-28-19-20-34-24-33(22-21-32(34)23-28)29-11-4-1-5-12-29/h1-27,43H,(H2,45,48)/b46-27+. The molecule has 0 fully saturated rings. The number of nitrogens with two attached hydrogens (primary N) is 1. The summed E-state index contributed by atoms with van der Waals surface area (Å²) < 4.78 is 3.55. The van der Waals surface area contributed by atoms with Crippen LogP contribution in [0.3, 0.4) is 0 Å². The van der Waals surface area contributed by atoms with E-state index in [0.29, 0.717) is 5.84 Å². The first kappa shape index (κ1) is 30.1. The van der Waals surface area contributed by atoms with Gasteiger partial charge in [-0.1, -0.05) is 127 Å². The van der Waals surface area contributed by atoms with Crippen molar-refractivity contribution < 1.29 is 0 Å². The molecule has 6 heteroatoms. The van der Waals surface area contributed by atoms with Gasteiger partial charge in [0.1, 0.15) is 10.8 Å². The monoisotopic (exact) mass is 678 g/mol. The molecule has 0 saturated carbocycles. The van der Waals surface area contributed by atoms with Crippen LogP contribution < -0.4 is 5.73 Å². The second-order valence-electron chi connectivity index (χ2n) is 12.2. The maximum atomic E-state index is 6.91. The summed E-state index contributed by atoms with van der Waals surface area (Å²) in [5, 5.41) is 5.62. The Morgan fingerprint density at radius 1 is 0.600 bits per heavy atom. The number of thiophene rings is 1. The Morgan fingerprint density at radius 2 is 1.32 bits per heavy atom. The fraction of sp³-hybridized carbons (Fsp3) is 0.0227. The minimum absolute atomic E-state index is 0.455. The van der Waals surface area contributed by atoms with Crippen LogP contribution in [0.5, 0.6) is 0 Å². The van der Waals surface area contributed by atoms with Crippen LogP contribution in [-0.2, 0) is 0 Å². The number of hydrogen-bond donors (Lipinski definition) is 1. The molecule has 4 nitrogen and oxygen atoms in total. The second-order valence-corrected chi connectivity index (χ2v) is 14.4. The van der Waals surface area contributed by atoms with E-state index >= 15 is 0 Å². The van der Waals surface area contributed by atoms with Crippen LogP contribution in [0.15, 0.2) is 168 Å². The summed E-state index contributed by atoms with van der Waals surface area (Å²) in [6.07, 6.45) is 1.40. The summed E-state index contributed by atoms with van der Waals surface area (Å²) in [7, 11) is 0. The lowest BCUT2D eigenvalue weighted by atomic mass is 10.0. The van der Waals surface area contributed by atoms with Gasteiger partial charge in [0.25, 0.3) is 0 Å². The van der Waals surface area contributed by atoms with Gasteiger partial charge in [0.2, 0.25) is 0 Å². The van der Waals surface area contributed by atoms with Crippen LogP contribution in [0.25, 0.3) is 62.9 Å². The van der Waals surface area contributed by atoms with E-state index in [0.717, 1.165) is 48.9 Å². The van der Waals surface area contributed by atoms with Gasteiger partial charge in [-0.05, 0) is 63.4 Å². The van der Waals surface area contributed by atoms with Crippen LogP contribution in [0, 0.1) is 0 Å². The van der Waals surface area contributed by atoms with E-state index in [4.69, 9.17) is 20.7 Å². The van der Waals surface area contributed by atoms with Crippen molar-refractivity contribution in [3.8, 4) is 21.7 Å². The Labute approximate surface area is 297 Å². The topological polar surface area (TPSA) is 63.6 Å². The maximum Gasteiger partial charge on any atom is 0.167 e. The first-order valence-electron chi connectivity index (χ1n) is 16.5. The highest BCUT2D eigenvalue weighted by Gasteiger charge is 2.17. The van der Waals surface area contributed by atoms with Crippen LogP contribution >= 0.6 is 22.7 Å². The average Bonchev–Trinajstić information content (AvgIpc) is 3.76. The fourth-order valence-electron chi connectivity index (χ4n) is 6.50. The number of fused-ring (bicyclic) bond motifs is 5. The molecule has 2 heterocycles. The van der Waals surface area contributed by atoms with Gasteiger partial charge in [0, 0.05) is 37.5 Å². The van der Waals surface area contributed by atoms with Crippen molar-refractivity contribution in [3.05, 3.63) is 174 Å². The van der Waals surface area contributed by atoms with Gasteiger partial charge in [0.15, 0.2) is 6.17 Å². The molecule has 50 heavy (non-hydrogen) atoms. The summed E-state index contributed by atoms with van der Waals surface area (Å²) in [5.74, 6) is 0.455. The van der Waals surface area contributed by atoms with Crippen molar-refractivity contribution in [2.24, 2.45) is 15.7 Å². The van der Waals surface area contributed by atoms with E-state index in [1.807, 2.05) is 48.7 Å². The SMILES string of the molecule is N/C(=N\C(/N=C/c1ccc2cc(-c3ccccc3)ccc2c1)c1ccccc1)c1cccc2sc3cc4sc(-c5ccccc5)nc4cc3c12. The highest BCUT2D eigenvalue weighted by molar-refractivity contribution is 7.26. The predicted octanol–water partition coefficient (Wildman–Crippen LogP) is 11.7. The third-order valence-electron chi connectivity index (χ3n) is 9.00. The fourth-order valence-corrected chi connectivity index (χ4v) is 8.72. The molecule has 1 unspecified atom stereocenters. The minimum Gasteiger partial charge on any atom is -0.383 e. The normalized spacial score (nSPS) is 12.8. The molecule has 9 aromatic rings. The van der Waals surface area contributed by atoms with Crippen molar-refractivity contribution in [3.63, 3.8) is 0 Å². The van der Waals surface area contributed by atoms with Gasteiger partial charge in [-0.2, -0.15) is 0 Å². The number of nitrogens with zero attached hydrogens (tertiary/aromatic N) is 3. The van der Waals surface area contributed by atoms with E-state index in [1.165, 1.54) is 30.6 Å². The molecule has 0 radical (unpaired) electrons. The lowest BCUT2D eigenvalue weighted by molar-refractivity contribution is 0.782. The molecule has 238 valence electrons. The minimum atomic E-state index is -0.508. The summed E-state index contributed by atoms with van der Waals surface area (Å²) in [5.41, 5.74) is 14.3. The largest absolute Gasteiger partial charge is 0.383 e. The van der Waals surface area contributed by atoms with Crippen molar-refractivity contribution in [2.75, 3.05) is 0 Å². The Morgan fingerprint density at radius 3 is 2.12 bits per heavy atom. The molecule has 7 aromatic carbocycles. The Balaban J connectivity index is 1.08. The van der Waals surface area contributed by atoms with Gasteiger partial charge >= 0.3 is 0 Å². The Kier molecular flexibility index (Phi) is 7.73.